The summed E-state index contributed by atoms with van der Waals surface area (Å²) < 4.78 is 0. The first-order valence-corrected chi connectivity index (χ1v) is 9.13. The van der Waals surface area contributed by atoms with Crippen molar-refractivity contribution in [2.75, 3.05) is 58.9 Å². The van der Waals surface area contributed by atoms with Gasteiger partial charge in [0, 0.05) is 46.2 Å². The number of aliphatic imine (C=N–C) groups is 1. The maximum Gasteiger partial charge on any atom is 0.219 e. The fourth-order valence-electron chi connectivity index (χ4n) is 2.83. The Labute approximate surface area is 141 Å². The van der Waals surface area contributed by atoms with Gasteiger partial charge in [0.15, 0.2) is 5.96 Å². The van der Waals surface area contributed by atoms with Gasteiger partial charge in [0.2, 0.25) is 5.91 Å². The number of carbonyl (C=O) groups excluding carboxylic acids is 1. The van der Waals surface area contributed by atoms with E-state index < -0.39 is 0 Å². The van der Waals surface area contributed by atoms with Crippen molar-refractivity contribution in [2.45, 2.75) is 40.5 Å². The van der Waals surface area contributed by atoms with Gasteiger partial charge in [-0.2, -0.15) is 0 Å². The summed E-state index contributed by atoms with van der Waals surface area (Å²) >= 11 is 0. The van der Waals surface area contributed by atoms with E-state index in [4.69, 9.17) is 4.99 Å². The molecule has 6 nitrogen and oxygen atoms in total. The van der Waals surface area contributed by atoms with Crippen LogP contribution in [-0.2, 0) is 4.79 Å². The fourth-order valence-corrected chi connectivity index (χ4v) is 2.83. The SMILES string of the molecule is CCNC(=NCCCCN(CC)CC)N1CCN(C(C)=O)CC1. The minimum absolute atomic E-state index is 0.169. The first-order chi connectivity index (χ1) is 11.1. The Morgan fingerprint density at radius 3 is 2.17 bits per heavy atom. The molecular formula is C17H35N5O. The van der Waals surface area contributed by atoms with Gasteiger partial charge < -0.3 is 20.0 Å². The molecule has 1 N–H and O–H groups in total. The molecule has 0 aliphatic carbocycles. The molecule has 0 saturated carbocycles. The van der Waals surface area contributed by atoms with E-state index in [1.54, 1.807) is 6.92 Å². The predicted octanol–water partition coefficient (Wildman–Crippen LogP) is 1.24. The summed E-state index contributed by atoms with van der Waals surface area (Å²) in [6.45, 7) is 16.7. The lowest BCUT2D eigenvalue weighted by atomic mass is 10.3. The molecule has 0 unspecified atom stereocenters. The van der Waals surface area contributed by atoms with Crippen LogP contribution in [0.25, 0.3) is 0 Å². The largest absolute Gasteiger partial charge is 0.357 e. The number of unbranched alkanes of at least 4 members (excludes halogenated alkanes) is 1. The zero-order chi connectivity index (χ0) is 17.1. The van der Waals surface area contributed by atoms with E-state index in [2.05, 4.69) is 35.9 Å². The van der Waals surface area contributed by atoms with Gasteiger partial charge in [0.25, 0.3) is 0 Å². The molecule has 1 amide bonds. The van der Waals surface area contributed by atoms with Crippen LogP contribution in [0.3, 0.4) is 0 Å². The molecule has 0 aromatic rings. The van der Waals surface area contributed by atoms with E-state index in [0.717, 1.165) is 71.3 Å². The van der Waals surface area contributed by atoms with Crippen molar-refractivity contribution in [3.63, 3.8) is 0 Å². The van der Waals surface area contributed by atoms with Crippen molar-refractivity contribution in [3.8, 4) is 0 Å². The zero-order valence-electron chi connectivity index (χ0n) is 15.5. The third kappa shape index (κ3) is 7.20. The molecule has 6 heteroatoms. The molecule has 1 heterocycles. The van der Waals surface area contributed by atoms with Gasteiger partial charge in [0.1, 0.15) is 0 Å². The number of amides is 1. The van der Waals surface area contributed by atoms with E-state index in [-0.39, 0.29) is 5.91 Å². The van der Waals surface area contributed by atoms with E-state index in [0.29, 0.717) is 0 Å². The summed E-state index contributed by atoms with van der Waals surface area (Å²) in [6, 6.07) is 0. The van der Waals surface area contributed by atoms with Crippen LogP contribution in [0.5, 0.6) is 0 Å². The van der Waals surface area contributed by atoms with Crippen LogP contribution in [0.2, 0.25) is 0 Å². The molecular weight excluding hydrogens is 290 g/mol. The molecule has 0 aromatic heterocycles. The first kappa shape index (κ1) is 19.7. The highest BCUT2D eigenvalue weighted by molar-refractivity contribution is 5.80. The lowest BCUT2D eigenvalue weighted by molar-refractivity contribution is -0.130. The Morgan fingerprint density at radius 1 is 1.04 bits per heavy atom. The molecule has 0 radical (unpaired) electrons. The zero-order valence-corrected chi connectivity index (χ0v) is 15.5. The maximum absolute atomic E-state index is 11.4. The lowest BCUT2D eigenvalue weighted by Crippen LogP contribution is -2.53. The number of piperazine rings is 1. The second-order valence-electron chi connectivity index (χ2n) is 5.96. The van der Waals surface area contributed by atoms with Crippen LogP contribution >= 0.6 is 0 Å². The Kier molecular flexibility index (Phi) is 9.67. The van der Waals surface area contributed by atoms with Crippen LogP contribution in [0, 0.1) is 0 Å². The number of nitrogens with one attached hydrogen (secondary N) is 1. The summed E-state index contributed by atoms with van der Waals surface area (Å²) in [5.74, 6) is 1.17. The average molecular weight is 326 g/mol. The number of hydrogen-bond donors (Lipinski definition) is 1. The molecule has 1 saturated heterocycles. The smallest absolute Gasteiger partial charge is 0.219 e. The van der Waals surface area contributed by atoms with Crippen LogP contribution in [0.4, 0.5) is 0 Å². The summed E-state index contributed by atoms with van der Waals surface area (Å²) in [7, 11) is 0. The second kappa shape index (κ2) is 11.3. The Hall–Kier alpha value is -1.30. The molecule has 1 aliphatic rings. The summed E-state index contributed by atoms with van der Waals surface area (Å²) in [5, 5.41) is 3.38. The highest BCUT2D eigenvalue weighted by Crippen LogP contribution is 2.03. The minimum Gasteiger partial charge on any atom is -0.357 e. The third-order valence-corrected chi connectivity index (χ3v) is 4.40. The maximum atomic E-state index is 11.4. The minimum atomic E-state index is 0.169. The van der Waals surface area contributed by atoms with E-state index >= 15 is 0 Å². The van der Waals surface area contributed by atoms with Gasteiger partial charge in [0.05, 0.1) is 0 Å². The second-order valence-corrected chi connectivity index (χ2v) is 5.96. The van der Waals surface area contributed by atoms with Gasteiger partial charge in [-0.1, -0.05) is 13.8 Å². The number of hydrogen-bond acceptors (Lipinski definition) is 3. The van der Waals surface area contributed by atoms with Crippen molar-refractivity contribution >= 4 is 11.9 Å². The predicted molar refractivity (Wildman–Crippen MR) is 96.8 cm³/mol. The normalized spacial score (nSPS) is 16.1. The number of guanidine groups is 1. The molecule has 0 atom stereocenters. The topological polar surface area (TPSA) is 51.2 Å². The van der Waals surface area contributed by atoms with Crippen molar-refractivity contribution in [2.24, 2.45) is 4.99 Å². The molecule has 0 bridgehead atoms. The first-order valence-electron chi connectivity index (χ1n) is 9.13. The summed E-state index contributed by atoms with van der Waals surface area (Å²) in [5.41, 5.74) is 0. The summed E-state index contributed by atoms with van der Waals surface area (Å²) in [4.78, 5) is 22.8. The molecule has 1 aliphatic heterocycles. The van der Waals surface area contributed by atoms with Crippen LogP contribution in [0.1, 0.15) is 40.5 Å². The highest BCUT2D eigenvalue weighted by Gasteiger charge is 2.20. The van der Waals surface area contributed by atoms with E-state index in [9.17, 15) is 4.79 Å². The summed E-state index contributed by atoms with van der Waals surface area (Å²) in [6.07, 6.45) is 2.32. The third-order valence-electron chi connectivity index (χ3n) is 4.40. The van der Waals surface area contributed by atoms with E-state index in [1.165, 1.54) is 6.42 Å². The Bertz CT molecular complexity index is 360. The van der Waals surface area contributed by atoms with Crippen LogP contribution in [0.15, 0.2) is 4.99 Å². The molecule has 23 heavy (non-hydrogen) atoms. The van der Waals surface area contributed by atoms with Gasteiger partial charge in [-0.05, 0) is 39.4 Å². The monoisotopic (exact) mass is 325 g/mol. The van der Waals surface area contributed by atoms with Crippen molar-refractivity contribution in [1.82, 2.24) is 20.0 Å². The quantitative estimate of drug-likeness (QED) is 0.414. The van der Waals surface area contributed by atoms with Crippen molar-refractivity contribution in [3.05, 3.63) is 0 Å². The van der Waals surface area contributed by atoms with Gasteiger partial charge >= 0.3 is 0 Å². The number of rotatable bonds is 8. The van der Waals surface area contributed by atoms with Gasteiger partial charge in [-0.15, -0.1) is 0 Å². The van der Waals surface area contributed by atoms with Crippen LogP contribution in [-0.4, -0.2) is 85.5 Å². The molecule has 134 valence electrons. The van der Waals surface area contributed by atoms with Crippen LogP contribution < -0.4 is 5.32 Å². The molecule has 0 aromatic carbocycles. The van der Waals surface area contributed by atoms with Crippen molar-refractivity contribution in [1.29, 1.82) is 0 Å². The van der Waals surface area contributed by atoms with Gasteiger partial charge in [-0.3, -0.25) is 9.79 Å². The number of nitrogens with zero attached hydrogens (tertiary/aromatic N) is 4. The highest BCUT2D eigenvalue weighted by atomic mass is 16.2. The molecule has 1 fully saturated rings. The fraction of sp³-hybridized carbons (Fsp3) is 0.882. The average Bonchev–Trinajstić information content (AvgIpc) is 2.57. The molecule has 1 rings (SSSR count). The Morgan fingerprint density at radius 2 is 1.65 bits per heavy atom. The standard InChI is InChI=1S/C17H35N5O/c1-5-18-17(19-10-8-9-11-20(6-2)7-3)22-14-12-21(13-15-22)16(4)23/h5-15H2,1-4H3,(H,18,19). The lowest BCUT2D eigenvalue weighted by Gasteiger charge is -2.36. The van der Waals surface area contributed by atoms with Gasteiger partial charge in [-0.25, -0.2) is 0 Å². The van der Waals surface area contributed by atoms with Crippen molar-refractivity contribution < 1.29 is 4.79 Å². The van der Waals surface area contributed by atoms with E-state index in [1.807, 2.05) is 4.90 Å². The molecule has 0 spiro atoms. The Balaban J connectivity index is 2.37. The number of carbonyl (C=O) groups is 1.